The van der Waals surface area contributed by atoms with E-state index in [1.54, 1.807) is 17.7 Å². The molecular formula is C9H13NO2. The number of aromatic nitrogens is 1. The molecule has 0 saturated heterocycles. The highest BCUT2D eigenvalue weighted by Gasteiger charge is 2.13. The van der Waals surface area contributed by atoms with Crippen LogP contribution < -0.4 is 0 Å². The summed E-state index contributed by atoms with van der Waals surface area (Å²) >= 11 is 0. The van der Waals surface area contributed by atoms with Crippen molar-refractivity contribution in [1.29, 1.82) is 0 Å². The van der Waals surface area contributed by atoms with E-state index < -0.39 is 12.0 Å². The Balaban J connectivity index is 2.93. The highest BCUT2D eigenvalue weighted by molar-refractivity contribution is 5.71. The maximum absolute atomic E-state index is 10.6. The topological polar surface area (TPSA) is 42.2 Å². The molecule has 1 aromatic heterocycles. The van der Waals surface area contributed by atoms with Crippen molar-refractivity contribution >= 4 is 5.97 Å². The second-order valence-electron chi connectivity index (χ2n) is 2.77. The summed E-state index contributed by atoms with van der Waals surface area (Å²) in [5, 5.41) is 8.75. The predicted octanol–water partition coefficient (Wildman–Crippen LogP) is 1.70. The van der Waals surface area contributed by atoms with E-state index in [-0.39, 0.29) is 0 Å². The van der Waals surface area contributed by atoms with Gasteiger partial charge < -0.3 is 9.67 Å². The van der Waals surface area contributed by atoms with E-state index >= 15 is 0 Å². The van der Waals surface area contributed by atoms with Crippen molar-refractivity contribution in [2.24, 2.45) is 0 Å². The minimum absolute atomic E-state index is 0.463. The van der Waals surface area contributed by atoms with Gasteiger partial charge in [0.15, 0.2) is 0 Å². The quantitative estimate of drug-likeness (QED) is 0.744. The normalized spacial score (nSPS) is 12.8. The van der Waals surface area contributed by atoms with E-state index in [4.69, 9.17) is 5.11 Å². The standard InChI is InChI=1S/C9H13NO2/c1-3-8-5-4-6-10(8)7(2)9(11)12/h4-7H,3H2,1-2H3,(H,11,12). The monoisotopic (exact) mass is 167 g/mol. The molecule has 0 radical (unpaired) electrons. The maximum atomic E-state index is 10.6. The molecule has 0 aliphatic carbocycles. The number of rotatable bonds is 3. The van der Waals surface area contributed by atoms with Gasteiger partial charge in [-0.05, 0) is 25.5 Å². The fraction of sp³-hybridized carbons (Fsp3) is 0.444. The second kappa shape index (κ2) is 3.43. The van der Waals surface area contributed by atoms with Gasteiger partial charge in [0.2, 0.25) is 0 Å². The average Bonchev–Trinajstić information content (AvgIpc) is 2.49. The zero-order valence-electron chi connectivity index (χ0n) is 7.32. The van der Waals surface area contributed by atoms with E-state index in [1.165, 1.54) is 0 Å². The fourth-order valence-corrected chi connectivity index (χ4v) is 1.23. The highest BCUT2D eigenvalue weighted by Crippen LogP contribution is 2.11. The summed E-state index contributed by atoms with van der Waals surface area (Å²) in [4.78, 5) is 10.6. The largest absolute Gasteiger partial charge is 0.480 e. The van der Waals surface area contributed by atoms with Gasteiger partial charge in [0.25, 0.3) is 0 Å². The van der Waals surface area contributed by atoms with Crippen LogP contribution in [0, 0.1) is 0 Å². The first-order chi connectivity index (χ1) is 5.66. The van der Waals surface area contributed by atoms with Crippen LogP contribution in [0.15, 0.2) is 18.3 Å². The van der Waals surface area contributed by atoms with Gasteiger partial charge in [-0.25, -0.2) is 4.79 Å². The number of aryl methyl sites for hydroxylation is 1. The van der Waals surface area contributed by atoms with Gasteiger partial charge in [0.1, 0.15) is 6.04 Å². The summed E-state index contributed by atoms with van der Waals surface area (Å²) < 4.78 is 1.78. The van der Waals surface area contributed by atoms with Crippen LogP contribution in [0.3, 0.4) is 0 Å². The van der Waals surface area contributed by atoms with Gasteiger partial charge in [-0.1, -0.05) is 6.92 Å². The van der Waals surface area contributed by atoms with Crippen LogP contribution >= 0.6 is 0 Å². The van der Waals surface area contributed by atoms with Gasteiger partial charge >= 0.3 is 5.97 Å². The Morgan fingerprint density at radius 2 is 2.42 bits per heavy atom. The number of aliphatic carboxylic acids is 1. The Morgan fingerprint density at radius 1 is 1.75 bits per heavy atom. The molecule has 3 nitrogen and oxygen atoms in total. The molecular weight excluding hydrogens is 154 g/mol. The zero-order chi connectivity index (χ0) is 9.14. The van der Waals surface area contributed by atoms with Crippen LogP contribution in [0.5, 0.6) is 0 Å². The number of hydrogen-bond donors (Lipinski definition) is 1. The van der Waals surface area contributed by atoms with Gasteiger partial charge in [-0.3, -0.25) is 0 Å². The van der Waals surface area contributed by atoms with Crippen LogP contribution in [0.4, 0.5) is 0 Å². The molecule has 0 saturated carbocycles. The molecule has 0 amide bonds. The predicted molar refractivity (Wildman–Crippen MR) is 46.2 cm³/mol. The molecule has 1 rings (SSSR count). The molecule has 12 heavy (non-hydrogen) atoms. The second-order valence-corrected chi connectivity index (χ2v) is 2.77. The van der Waals surface area contributed by atoms with E-state index in [0.29, 0.717) is 0 Å². The van der Waals surface area contributed by atoms with Crippen LogP contribution in [-0.2, 0) is 11.2 Å². The third-order valence-electron chi connectivity index (χ3n) is 2.00. The third-order valence-corrected chi connectivity index (χ3v) is 2.00. The fourth-order valence-electron chi connectivity index (χ4n) is 1.23. The average molecular weight is 167 g/mol. The van der Waals surface area contributed by atoms with Crippen molar-refractivity contribution in [2.75, 3.05) is 0 Å². The van der Waals surface area contributed by atoms with E-state index in [0.717, 1.165) is 12.1 Å². The van der Waals surface area contributed by atoms with Gasteiger partial charge in [-0.2, -0.15) is 0 Å². The molecule has 1 unspecified atom stereocenters. The molecule has 3 heteroatoms. The minimum atomic E-state index is -0.791. The summed E-state index contributed by atoms with van der Waals surface area (Å²) in [6.07, 6.45) is 2.67. The Kier molecular flexibility index (Phi) is 2.53. The molecule has 0 spiro atoms. The molecule has 1 heterocycles. The molecule has 66 valence electrons. The first kappa shape index (κ1) is 8.84. The van der Waals surface area contributed by atoms with Crippen LogP contribution in [0.25, 0.3) is 0 Å². The lowest BCUT2D eigenvalue weighted by Crippen LogP contribution is -2.16. The van der Waals surface area contributed by atoms with Gasteiger partial charge in [0, 0.05) is 11.9 Å². The van der Waals surface area contributed by atoms with Crippen molar-refractivity contribution in [1.82, 2.24) is 4.57 Å². The molecule has 0 aliphatic heterocycles. The van der Waals surface area contributed by atoms with Gasteiger partial charge in [0.05, 0.1) is 0 Å². The number of hydrogen-bond acceptors (Lipinski definition) is 1. The lowest BCUT2D eigenvalue weighted by Gasteiger charge is -2.11. The van der Waals surface area contributed by atoms with Crippen LogP contribution in [-0.4, -0.2) is 15.6 Å². The third kappa shape index (κ3) is 1.49. The highest BCUT2D eigenvalue weighted by atomic mass is 16.4. The molecule has 0 aromatic carbocycles. The molecule has 0 fully saturated rings. The van der Waals surface area contributed by atoms with E-state index in [9.17, 15) is 4.79 Å². The van der Waals surface area contributed by atoms with E-state index in [2.05, 4.69) is 0 Å². The number of carbonyl (C=O) groups is 1. The number of carboxylic acid groups (broad SMARTS) is 1. The molecule has 1 atom stereocenters. The lowest BCUT2D eigenvalue weighted by molar-refractivity contribution is -0.140. The van der Waals surface area contributed by atoms with Gasteiger partial charge in [-0.15, -0.1) is 0 Å². The van der Waals surface area contributed by atoms with Crippen molar-refractivity contribution in [2.45, 2.75) is 26.3 Å². The number of nitrogens with zero attached hydrogens (tertiary/aromatic N) is 1. The molecule has 1 N–H and O–H groups in total. The first-order valence-corrected chi connectivity index (χ1v) is 4.05. The summed E-state index contributed by atoms with van der Waals surface area (Å²) in [6, 6.07) is 3.35. The SMILES string of the molecule is CCc1cccn1C(C)C(=O)O. The van der Waals surface area contributed by atoms with Crippen molar-refractivity contribution in [3.8, 4) is 0 Å². The molecule has 0 aliphatic rings. The van der Waals surface area contributed by atoms with E-state index in [1.807, 2.05) is 19.1 Å². The molecule has 1 aromatic rings. The maximum Gasteiger partial charge on any atom is 0.326 e. The minimum Gasteiger partial charge on any atom is -0.480 e. The number of carboxylic acids is 1. The summed E-state index contributed by atoms with van der Waals surface area (Å²) in [7, 11) is 0. The summed E-state index contributed by atoms with van der Waals surface area (Å²) in [5.41, 5.74) is 1.06. The Labute approximate surface area is 71.6 Å². The van der Waals surface area contributed by atoms with Crippen molar-refractivity contribution in [3.05, 3.63) is 24.0 Å². The lowest BCUT2D eigenvalue weighted by atomic mass is 10.3. The summed E-state index contributed by atoms with van der Waals surface area (Å²) in [6.45, 7) is 3.70. The summed E-state index contributed by atoms with van der Waals surface area (Å²) in [5.74, 6) is -0.791. The van der Waals surface area contributed by atoms with Crippen LogP contribution in [0.2, 0.25) is 0 Å². The smallest absolute Gasteiger partial charge is 0.326 e. The van der Waals surface area contributed by atoms with Crippen molar-refractivity contribution in [3.63, 3.8) is 0 Å². The zero-order valence-corrected chi connectivity index (χ0v) is 7.32. The first-order valence-electron chi connectivity index (χ1n) is 4.05. The van der Waals surface area contributed by atoms with Crippen LogP contribution in [0.1, 0.15) is 25.6 Å². The Morgan fingerprint density at radius 3 is 2.92 bits per heavy atom. The Hall–Kier alpha value is -1.25. The Bertz CT molecular complexity index is 278. The molecule has 0 bridgehead atoms. The van der Waals surface area contributed by atoms with Crippen molar-refractivity contribution < 1.29 is 9.90 Å².